The second-order valence-electron chi connectivity index (χ2n) is 7.73. The maximum absolute atomic E-state index is 13.2. The summed E-state index contributed by atoms with van der Waals surface area (Å²) in [6.45, 7) is 8.50. The molecule has 0 spiro atoms. The van der Waals surface area contributed by atoms with Gasteiger partial charge in [-0.1, -0.05) is 51.0 Å². The van der Waals surface area contributed by atoms with Crippen LogP contribution in [0.5, 0.6) is 0 Å². The number of carbonyl (C=O) groups is 1. The molecule has 3 rings (SSSR count). The first-order valence-electron chi connectivity index (χ1n) is 8.43. The van der Waals surface area contributed by atoms with E-state index in [0.29, 0.717) is 6.42 Å². The van der Waals surface area contributed by atoms with Gasteiger partial charge in [0.1, 0.15) is 0 Å². The van der Waals surface area contributed by atoms with Crippen LogP contribution in [-0.2, 0) is 11.2 Å². The number of nitrogens with zero attached hydrogens (tertiary/aromatic N) is 1. The van der Waals surface area contributed by atoms with E-state index in [1.807, 2.05) is 24.3 Å². The fraction of sp³-hybridized carbons (Fsp3) is 0.579. The molecule has 0 aliphatic heterocycles. The summed E-state index contributed by atoms with van der Waals surface area (Å²) in [5.74, 6) is 0.0609. The van der Waals surface area contributed by atoms with E-state index in [1.54, 1.807) is 0 Å². The minimum absolute atomic E-state index is 0.0609. The minimum Gasteiger partial charge on any atom is -0.411 e. The van der Waals surface area contributed by atoms with Crippen LogP contribution in [0.4, 0.5) is 5.69 Å². The molecule has 1 aromatic carbocycles. The predicted octanol–water partition coefficient (Wildman–Crippen LogP) is 4.23. The molecule has 124 valence electrons. The number of amides is 1. The van der Waals surface area contributed by atoms with Crippen LogP contribution in [0.15, 0.2) is 29.4 Å². The van der Waals surface area contributed by atoms with Crippen LogP contribution in [0.2, 0.25) is 0 Å². The normalized spacial score (nSPS) is 33.1. The third kappa shape index (κ3) is 1.90. The van der Waals surface area contributed by atoms with Crippen LogP contribution in [0, 0.1) is 16.2 Å². The Balaban J connectivity index is 1.97. The summed E-state index contributed by atoms with van der Waals surface area (Å²) in [7, 11) is 0. The standard InChI is InChI=1S/C19H26N2O2/c1-5-13-8-6-7-9-14(13)20-16(22)19-11-10-18(4,17(19,2)3)15(12-19)21-23/h6-9,23H,5,10-12H2,1-4H3,(H,20,22). The molecule has 2 fully saturated rings. The van der Waals surface area contributed by atoms with Crippen molar-refractivity contribution in [3.8, 4) is 0 Å². The number of oxime groups is 1. The Morgan fingerprint density at radius 1 is 1.26 bits per heavy atom. The van der Waals surface area contributed by atoms with Crippen LogP contribution >= 0.6 is 0 Å². The number of nitrogens with one attached hydrogen (secondary N) is 1. The van der Waals surface area contributed by atoms with Gasteiger partial charge in [0.2, 0.25) is 5.91 Å². The molecule has 4 nitrogen and oxygen atoms in total. The van der Waals surface area contributed by atoms with Gasteiger partial charge < -0.3 is 10.5 Å². The molecule has 2 N–H and O–H groups in total. The second kappa shape index (κ2) is 5.08. The molecule has 0 aromatic heterocycles. The number of carbonyl (C=O) groups excluding carboxylic acids is 1. The monoisotopic (exact) mass is 314 g/mol. The number of anilines is 1. The molecule has 2 saturated carbocycles. The molecule has 1 amide bonds. The molecular weight excluding hydrogens is 288 g/mol. The highest BCUT2D eigenvalue weighted by Gasteiger charge is 2.71. The van der Waals surface area contributed by atoms with Crippen molar-refractivity contribution in [3.05, 3.63) is 29.8 Å². The topological polar surface area (TPSA) is 61.7 Å². The lowest BCUT2D eigenvalue weighted by atomic mass is 9.64. The Labute approximate surface area is 138 Å². The van der Waals surface area contributed by atoms with Crippen molar-refractivity contribution in [1.29, 1.82) is 0 Å². The molecule has 2 aliphatic carbocycles. The fourth-order valence-corrected chi connectivity index (χ4v) is 4.73. The van der Waals surface area contributed by atoms with Gasteiger partial charge in [-0.3, -0.25) is 4.79 Å². The minimum atomic E-state index is -0.496. The van der Waals surface area contributed by atoms with Gasteiger partial charge in [-0.25, -0.2) is 0 Å². The van der Waals surface area contributed by atoms with Crippen molar-refractivity contribution < 1.29 is 10.0 Å². The van der Waals surface area contributed by atoms with Gasteiger partial charge in [-0.05, 0) is 36.3 Å². The Kier molecular flexibility index (Phi) is 3.54. The zero-order chi connectivity index (χ0) is 16.9. The summed E-state index contributed by atoms with van der Waals surface area (Å²) in [5, 5.41) is 16.1. The number of para-hydroxylation sites is 1. The average molecular weight is 314 g/mol. The van der Waals surface area contributed by atoms with E-state index in [1.165, 1.54) is 0 Å². The summed E-state index contributed by atoms with van der Waals surface area (Å²) >= 11 is 0. The molecule has 2 bridgehead atoms. The van der Waals surface area contributed by atoms with Gasteiger partial charge in [0.05, 0.1) is 11.1 Å². The number of rotatable bonds is 3. The van der Waals surface area contributed by atoms with Crippen LogP contribution in [0.3, 0.4) is 0 Å². The van der Waals surface area contributed by atoms with Crippen molar-refractivity contribution in [3.63, 3.8) is 0 Å². The molecule has 2 aliphatic rings. The molecule has 1 aromatic rings. The van der Waals surface area contributed by atoms with Crippen LogP contribution in [-0.4, -0.2) is 16.8 Å². The summed E-state index contributed by atoms with van der Waals surface area (Å²) in [4.78, 5) is 13.2. The summed E-state index contributed by atoms with van der Waals surface area (Å²) in [6.07, 6.45) is 3.17. The molecule has 0 radical (unpaired) electrons. The summed E-state index contributed by atoms with van der Waals surface area (Å²) in [5.41, 5.74) is 1.88. The van der Waals surface area contributed by atoms with Gasteiger partial charge in [-0.15, -0.1) is 0 Å². The van der Waals surface area contributed by atoms with Gasteiger partial charge in [-0.2, -0.15) is 0 Å². The summed E-state index contributed by atoms with van der Waals surface area (Å²) < 4.78 is 0. The highest BCUT2D eigenvalue weighted by Crippen LogP contribution is 2.71. The Morgan fingerprint density at radius 3 is 2.57 bits per heavy atom. The highest BCUT2D eigenvalue weighted by atomic mass is 16.4. The molecule has 2 unspecified atom stereocenters. The van der Waals surface area contributed by atoms with E-state index in [2.05, 4.69) is 38.2 Å². The van der Waals surface area contributed by atoms with Gasteiger partial charge in [0.25, 0.3) is 0 Å². The van der Waals surface area contributed by atoms with Crippen LogP contribution in [0.25, 0.3) is 0 Å². The van der Waals surface area contributed by atoms with E-state index in [-0.39, 0.29) is 16.7 Å². The van der Waals surface area contributed by atoms with Crippen LogP contribution < -0.4 is 5.32 Å². The van der Waals surface area contributed by atoms with Crippen molar-refractivity contribution in [2.45, 2.75) is 53.4 Å². The van der Waals surface area contributed by atoms with E-state index in [0.717, 1.165) is 36.2 Å². The number of benzene rings is 1. The van der Waals surface area contributed by atoms with Crippen molar-refractivity contribution in [2.75, 3.05) is 5.32 Å². The first-order valence-corrected chi connectivity index (χ1v) is 8.43. The van der Waals surface area contributed by atoms with E-state index in [9.17, 15) is 10.0 Å². The Morgan fingerprint density at radius 2 is 1.96 bits per heavy atom. The van der Waals surface area contributed by atoms with E-state index in [4.69, 9.17) is 0 Å². The first kappa shape index (κ1) is 16.0. The van der Waals surface area contributed by atoms with Gasteiger partial charge >= 0.3 is 0 Å². The summed E-state index contributed by atoms with van der Waals surface area (Å²) in [6, 6.07) is 7.96. The average Bonchev–Trinajstić information content (AvgIpc) is 2.85. The zero-order valence-electron chi connectivity index (χ0n) is 14.4. The lowest BCUT2D eigenvalue weighted by Crippen LogP contribution is -2.43. The second-order valence-corrected chi connectivity index (χ2v) is 7.73. The third-order valence-corrected chi connectivity index (χ3v) is 6.94. The van der Waals surface area contributed by atoms with Gasteiger partial charge in [0, 0.05) is 17.5 Å². The third-order valence-electron chi connectivity index (χ3n) is 6.94. The molecule has 4 heteroatoms. The molecule has 0 heterocycles. The van der Waals surface area contributed by atoms with E-state index >= 15 is 0 Å². The zero-order valence-corrected chi connectivity index (χ0v) is 14.4. The van der Waals surface area contributed by atoms with Crippen molar-refractivity contribution in [1.82, 2.24) is 0 Å². The molecular formula is C19H26N2O2. The molecule has 23 heavy (non-hydrogen) atoms. The number of hydrogen-bond acceptors (Lipinski definition) is 3. The highest BCUT2D eigenvalue weighted by molar-refractivity contribution is 6.06. The lowest BCUT2D eigenvalue weighted by Gasteiger charge is -2.39. The molecule has 2 atom stereocenters. The van der Waals surface area contributed by atoms with Crippen molar-refractivity contribution in [2.24, 2.45) is 21.4 Å². The number of aryl methyl sites for hydroxylation is 1. The van der Waals surface area contributed by atoms with Crippen molar-refractivity contribution >= 4 is 17.3 Å². The molecule has 0 saturated heterocycles. The van der Waals surface area contributed by atoms with Gasteiger partial charge in [0.15, 0.2) is 0 Å². The quantitative estimate of drug-likeness (QED) is 0.647. The Hall–Kier alpha value is -1.84. The maximum Gasteiger partial charge on any atom is 0.231 e. The predicted molar refractivity (Wildman–Crippen MR) is 91.8 cm³/mol. The fourth-order valence-electron chi connectivity index (χ4n) is 4.73. The smallest absolute Gasteiger partial charge is 0.231 e. The van der Waals surface area contributed by atoms with E-state index < -0.39 is 5.41 Å². The maximum atomic E-state index is 13.2. The largest absolute Gasteiger partial charge is 0.411 e. The number of hydrogen-bond donors (Lipinski definition) is 2. The number of fused-ring (bicyclic) bond motifs is 2. The van der Waals surface area contributed by atoms with Crippen LogP contribution in [0.1, 0.15) is 52.5 Å². The Bertz CT molecular complexity index is 680. The lowest BCUT2D eigenvalue weighted by molar-refractivity contribution is -0.130. The SMILES string of the molecule is CCc1ccccc1NC(=O)C12CCC(C)(C(=NO)C1)C2(C)C. The first-order chi connectivity index (χ1) is 10.8.